The fourth-order valence-corrected chi connectivity index (χ4v) is 2.86. The molecule has 2 amide bonds. The molecule has 5 nitrogen and oxygen atoms in total. The molecule has 0 radical (unpaired) electrons. The van der Waals surface area contributed by atoms with Gasteiger partial charge in [-0.3, -0.25) is 0 Å². The molecule has 0 unspecified atom stereocenters. The van der Waals surface area contributed by atoms with E-state index in [1.54, 1.807) is 12.1 Å². The van der Waals surface area contributed by atoms with Crippen molar-refractivity contribution < 1.29 is 9.53 Å². The molecule has 1 heterocycles. The lowest BCUT2D eigenvalue weighted by atomic mass is 10.0. The average Bonchev–Trinajstić information content (AvgIpc) is 3.09. The average molecular weight is 321 g/mol. The Hall–Kier alpha value is -2.84. The van der Waals surface area contributed by atoms with Crippen molar-refractivity contribution in [2.24, 2.45) is 0 Å². The molecule has 0 aliphatic carbocycles. The van der Waals surface area contributed by atoms with Crippen molar-refractivity contribution in [2.45, 2.75) is 25.1 Å². The van der Waals surface area contributed by atoms with Crippen LogP contribution >= 0.6 is 0 Å². The lowest BCUT2D eigenvalue weighted by molar-refractivity contribution is 0.0999. The van der Waals surface area contributed by atoms with Crippen molar-refractivity contribution >= 4 is 6.03 Å². The number of carbonyl (C=O) groups excluding carboxylic acids is 1. The van der Waals surface area contributed by atoms with E-state index in [1.165, 1.54) is 0 Å². The van der Waals surface area contributed by atoms with Crippen LogP contribution in [0.3, 0.4) is 0 Å². The summed E-state index contributed by atoms with van der Waals surface area (Å²) in [6.45, 7) is 1.01. The molecule has 2 N–H and O–H groups in total. The highest BCUT2D eigenvalue weighted by Crippen LogP contribution is 2.28. The lowest BCUT2D eigenvalue weighted by Gasteiger charge is -2.20. The first kappa shape index (κ1) is 16.0. The standard InChI is InChI=1S/C19H19N3O2/c20-12-14-5-4-6-15(11-14)13-21-19(23)22-17-9-10-24-18(17)16-7-2-1-3-8-16/h1-8,11,17-18H,9-10,13H2,(H2,21,22,23)/t17-,18-/m0/s1. The molecule has 2 aromatic rings. The summed E-state index contributed by atoms with van der Waals surface area (Å²) < 4.78 is 5.77. The second-order valence-electron chi connectivity index (χ2n) is 5.74. The van der Waals surface area contributed by atoms with Gasteiger partial charge in [-0.2, -0.15) is 5.26 Å². The van der Waals surface area contributed by atoms with E-state index < -0.39 is 0 Å². The van der Waals surface area contributed by atoms with E-state index in [4.69, 9.17) is 10.00 Å². The molecule has 0 aromatic heterocycles. The lowest BCUT2D eigenvalue weighted by Crippen LogP contribution is -2.43. The topological polar surface area (TPSA) is 74.2 Å². The van der Waals surface area contributed by atoms with Gasteiger partial charge in [0.15, 0.2) is 0 Å². The van der Waals surface area contributed by atoms with Crippen molar-refractivity contribution in [1.82, 2.24) is 10.6 Å². The number of urea groups is 1. The number of hydrogen-bond donors (Lipinski definition) is 2. The Kier molecular flexibility index (Phi) is 5.09. The van der Waals surface area contributed by atoms with Gasteiger partial charge in [0.25, 0.3) is 0 Å². The van der Waals surface area contributed by atoms with E-state index >= 15 is 0 Å². The quantitative estimate of drug-likeness (QED) is 0.909. The molecule has 5 heteroatoms. The largest absolute Gasteiger partial charge is 0.371 e. The van der Waals surface area contributed by atoms with Crippen LogP contribution in [0, 0.1) is 11.3 Å². The van der Waals surface area contributed by atoms with E-state index in [0.717, 1.165) is 17.5 Å². The molecule has 2 atom stereocenters. The summed E-state index contributed by atoms with van der Waals surface area (Å²) in [6, 6.07) is 18.9. The van der Waals surface area contributed by atoms with Crippen LogP contribution in [0.5, 0.6) is 0 Å². The second kappa shape index (κ2) is 7.62. The van der Waals surface area contributed by atoms with Gasteiger partial charge in [0.1, 0.15) is 6.10 Å². The highest BCUT2D eigenvalue weighted by Gasteiger charge is 2.30. The minimum Gasteiger partial charge on any atom is -0.371 e. The number of benzene rings is 2. The maximum Gasteiger partial charge on any atom is 0.315 e. The minimum absolute atomic E-state index is 0.0437. The smallest absolute Gasteiger partial charge is 0.315 e. The molecule has 0 saturated carbocycles. The zero-order valence-corrected chi connectivity index (χ0v) is 13.2. The molecule has 24 heavy (non-hydrogen) atoms. The summed E-state index contributed by atoms with van der Waals surface area (Å²) in [6.07, 6.45) is 0.676. The number of nitrogens with zero attached hydrogens (tertiary/aromatic N) is 1. The van der Waals surface area contributed by atoms with Gasteiger partial charge in [0.2, 0.25) is 0 Å². The highest BCUT2D eigenvalue weighted by atomic mass is 16.5. The normalized spacial score (nSPS) is 19.5. The van der Waals surface area contributed by atoms with Gasteiger partial charge in [0, 0.05) is 13.2 Å². The number of nitrogens with one attached hydrogen (secondary N) is 2. The van der Waals surface area contributed by atoms with E-state index in [2.05, 4.69) is 16.7 Å². The fourth-order valence-electron chi connectivity index (χ4n) is 2.86. The van der Waals surface area contributed by atoms with Crippen molar-refractivity contribution in [3.63, 3.8) is 0 Å². The van der Waals surface area contributed by atoms with Crippen molar-refractivity contribution in [1.29, 1.82) is 5.26 Å². The molecule has 1 fully saturated rings. The summed E-state index contributed by atoms with van der Waals surface area (Å²) in [4.78, 5) is 12.2. The van der Waals surface area contributed by atoms with Gasteiger partial charge in [-0.25, -0.2) is 4.79 Å². The van der Waals surface area contributed by atoms with Gasteiger partial charge in [-0.1, -0.05) is 42.5 Å². The minimum atomic E-state index is -0.228. The first-order valence-corrected chi connectivity index (χ1v) is 7.96. The number of amides is 2. The zero-order valence-electron chi connectivity index (χ0n) is 13.2. The maximum atomic E-state index is 12.2. The van der Waals surface area contributed by atoms with Crippen LogP contribution < -0.4 is 10.6 Å². The Morgan fingerprint density at radius 3 is 2.83 bits per heavy atom. The molecule has 122 valence electrons. The summed E-state index contributed by atoms with van der Waals surface area (Å²) in [5.74, 6) is 0. The Bertz CT molecular complexity index is 740. The molecule has 1 aliphatic rings. The Morgan fingerprint density at radius 2 is 2.04 bits per heavy atom. The highest BCUT2D eigenvalue weighted by molar-refractivity contribution is 5.74. The Labute approximate surface area is 141 Å². The molecule has 1 saturated heterocycles. The van der Waals surface area contributed by atoms with E-state index in [1.807, 2.05) is 42.5 Å². The maximum absolute atomic E-state index is 12.2. The van der Waals surface area contributed by atoms with Crippen molar-refractivity contribution in [3.8, 4) is 6.07 Å². The van der Waals surface area contributed by atoms with Gasteiger partial charge in [-0.15, -0.1) is 0 Å². The van der Waals surface area contributed by atoms with E-state index in [-0.39, 0.29) is 18.2 Å². The first-order chi connectivity index (χ1) is 11.8. The van der Waals surface area contributed by atoms with Gasteiger partial charge in [-0.05, 0) is 29.7 Å². The number of rotatable bonds is 4. The SMILES string of the molecule is N#Cc1cccc(CNC(=O)N[C@H]2CCO[C@H]2c2ccccc2)c1. The predicted octanol–water partition coefficient (Wildman–Crippen LogP) is 2.89. The molecule has 2 aromatic carbocycles. The van der Waals surface area contributed by atoms with Crippen molar-refractivity contribution in [2.75, 3.05) is 6.61 Å². The van der Waals surface area contributed by atoms with Gasteiger partial charge in [0.05, 0.1) is 17.7 Å². The summed E-state index contributed by atoms with van der Waals surface area (Å²) in [5, 5.41) is 14.7. The molecule has 0 spiro atoms. The Balaban J connectivity index is 1.55. The summed E-state index contributed by atoms with van der Waals surface area (Å²) in [5.41, 5.74) is 2.55. The van der Waals surface area contributed by atoms with Gasteiger partial charge >= 0.3 is 6.03 Å². The van der Waals surface area contributed by atoms with Crippen LogP contribution in [0.15, 0.2) is 54.6 Å². The number of ether oxygens (including phenoxy) is 1. The van der Waals surface area contributed by atoms with Gasteiger partial charge < -0.3 is 15.4 Å². The number of hydrogen-bond acceptors (Lipinski definition) is 3. The van der Waals surface area contributed by atoms with Crippen LogP contribution in [0.1, 0.15) is 29.2 Å². The number of nitriles is 1. The van der Waals surface area contributed by atoms with E-state index in [0.29, 0.717) is 18.7 Å². The van der Waals surface area contributed by atoms with Crippen LogP contribution in [-0.4, -0.2) is 18.7 Å². The van der Waals surface area contributed by atoms with Crippen molar-refractivity contribution in [3.05, 3.63) is 71.3 Å². The summed E-state index contributed by atoms with van der Waals surface area (Å²) >= 11 is 0. The van der Waals surface area contributed by atoms with Crippen LogP contribution in [-0.2, 0) is 11.3 Å². The van der Waals surface area contributed by atoms with Crippen LogP contribution in [0.4, 0.5) is 4.79 Å². The molecule has 0 bridgehead atoms. The van der Waals surface area contributed by atoms with E-state index in [9.17, 15) is 4.79 Å². The second-order valence-corrected chi connectivity index (χ2v) is 5.74. The monoisotopic (exact) mass is 321 g/mol. The zero-order chi connectivity index (χ0) is 16.8. The third-order valence-electron chi connectivity index (χ3n) is 4.05. The number of carbonyl (C=O) groups is 1. The summed E-state index contributed by atoms with van der Waals surface area (Å²) in [7, 11) is 0. The van der Waals surface area contributed by atoms with Crippen LogP contribution in [0.25, 0.3) is 0 Å². The third-order valence-corrected chi connectivity index (χ3v) is 4.05. The van der Waals surface area contributed by atoms with Crippen LogP contribution in [0.2, 0.25) is 0 Å². The molecule has 1 aliphatic heterocycles. The first-order valence-electron chi connectivity index (χ1n) is 7.96. The molecule has 3 rings (SSSR count). The predicted molar refractivity (Wildman–Crippen MR) is 90.1 cm³/mol. The Morgan fingerprint density at radius 1 is 1.21 bits per heavy atom. The third kappa shape index (κ3) is 3.92. The fraction of sp³-hybridized carbons (Fsp3) is 0.263. The molecular formula is C19H19N3O2. The molecular weight excluding hydrogens is 302 g/mol.